The molecular weight excluding hydrogens is 370 g/mol. The average molecular weight is 398 g/mol. The summed E-state index contributed by atoms with van der Waals surface area (Å²) in [5, 5.41) is 1.08. The van der Waals surface area contributed by atoms with Crippen molar-refractivity contribution in [2.24, 2.45) is 0 Å². The molecule has 3 aromatic rings. The summed E-state index contributed by atoms with van der Waals surface area (Å²) in [5.41, 5.74) is 7.95. The molecule has 0 fully saturated rings. The van der Waals surface area contributed by atoms with Gasteiger partial charge in [0.2, 0.25) is 0 Å². The molecule has 3 rings (SSSR count). The quantitative estimate of drug-likeness (QED) is 0.416. The van der Waals surface area contributed by atoms with Crippen LogP contribution in [0.5, 0.6) is 5.75 Å². The number of hydrogen-bond acceptors (Lipinski definition) is 2. The number of benzene rings is 3. The Morgan fingerprint density at radius 1 is 0.828 bits per heavy atom. The molecule has 0 aliphatic heterocycles. The summed E-state index contributed by atoms with van der Waals surface area (Å²) in [6, 6.07) is 18.3. The van der Waals surface area contributed by atoms with Crippen molar-refractivity contribution >= 4 is 38.3 Å². The molecule has 0 saturated carbocycles. The van der Waals surface area contributed by atoms with Crippen molar-refractivity contribution < 1.29 is 9.53 Å². The fourth-order valence-corrected chi connectivity index (χ4v) is 4.62. The molecule has 0 N–H and O–H groups in total. The molecule has 1 atom stereocenters. The Bertz CT molecular complexity index is 1010. The first-order valence-electron chi connectivity index (χ1n) is 9.53. The SMILES string of the molecule is Cc1cc(OCc2ccccc2)ccc1PC(=O)c1c(C)cc(C)c(C)c1C.[LiH]. The molecule has 29 heavy (non-hydrogen) atoms. The van der Waals surface area contributed by atoms with Gasteiger partial charge in [-0.05, 0) is 94.0 Å². The molecule has 0 saturated heterocycles. The van der Waals surface area contributed by atoms with E-state index in [9.17, 15) is 4.79 Å². The fraction of sp³-hybridized carbons (Fsp3) is 0.240. The first kappa shape index (κ1) is 23.4. The van der Waals surface area contributed by atoms with Crippen molar-refractivity contribution in [2.75, 3.05) is 0 Å². The van der Waals surface area contributed by atoms with Crippen LogP contribution in [0, 0.1) is 34.6 Å². The van der Waals surface area contributed by atoms with Crippen molar-refractivity contribution in [3.8, 4) is 5.75 Å². The molecule has 0 spiro atoms. The van der Waals surface area contributed by atoms with E-state index in [1.54, 1.807) is 0 Å². The molecular formula is C25H28LiO2P. The average Bonchev–Trinajstić information content (AvgIpc) is 2.67. The van der Waals surface area contributed by atoms with E-state index in [-0.39, 0.29) is 33.0 Å². The first-order chi connectivity index (χ1) is 13.4. The van der Waals surface area contributed by atoms with Crippen LogP contribution in [0.2, 0.25) is 0 Å². The van der Waals surface area contributed by atoms with Gasteiger partial charge in [0.05, 0.1) is 0 Å². The van der Waals surface area contributed by atoms with Gasteiger partial charge in [-0.15, -0.1) is 0 Å². The zero-order valence-electron chi connectivity index (χ0n) is 17.2. The third kappa shape index (κ3) is 5.61. The predicted molar refractivity (Wildman–Crippen MR) is 127 cm³/mol. The molecule has 0 aromatic heterocycles. The minimum absolute atomic E-state index is 0. The summed E-state index contributed by atoms with van der Waals surface area (Å²) in [7, 11) is 0.117. The van der Waals surface area contributed by atoms with Gasteiger partial charge in [-0.3, -0.25) is 4.79 Å². The molecule has 4 heteroatoms. The number of carbonyl (C=O) groups is 1. The summed E-state index contributed by atoms with van der Waals surface area (Å²) >= 11 is 0. The minimum atomic E-state index is 0. The van der Waals surface area contributed by atoms with Crippen molar-refractivity contribution in [3.63, 3.8) is 0 Å². The van der Waals surface area contributed by atoms with Crippen molar-refractivity contribution in [1.29, 1.82) is 0 Å². The van der Waals surface area contributed by atoms with E-state index >= 15 is 0 Å². The molecule has 2 nitrogen and oxygen atoms in total. The Balaban J connectivity index is 0.00000300. The van der Waals surface area contributed by atoms with E-state index in [4.69, 9.17) is 4.74 Å². The third-order valence-corrected chi connectivity index (χ3v) is 6.59. The van der Waals surface area contributed by atoms with E-state index in [0.717, 1.165) is 38.9 Å². The predicted octanol–water partition coefficient (Wildman–Crippen LogP) is 5.30. The Kier molecular flexibility index (Phi) is 8.30. The van der Waals surface area contributed by atoms with Gasteiger partial charge in [0.1, 0.15) is 12.4 Å². The van der Waals surface area contributed by atoms with E-state index in [1.807, 2.05) is 50.2 Å². The maximum atomic E-state index is 13.0. The zero-order chi connectivity index (χ0) is 20.3. The summed E-state index contributed by atoms with van der Waals surface area (Å²) < 4.78 is 5.90. The second-order valence-electron chi connectivity index (χ2n) is 7.34. The molecule has 0 heterocycles. The van der Waals surface area contributed by atoms with Gasteiger partial charge < -0.3 is 4.74 Å². The van der Waals surface area contributed by atoms with Crippen molar-refractivity contribution in [1.82, 2.24) is 0 Å². The second-order valence-corrected chi connectivity index (χ2v) is 8.58. The van der Waals surface area contributed by atoms with E-state index in [0.29, 0.717) is 6.61 Å². The Labute approximate surface area is 188 Å². The fourth-order valence-electron chi connectivity index (χ4n) is 3.43. The van der Waals surface area contributed by atoms with E-state index < -0.39 is 0 Å². The van der Waals surface area contributed by atoms with Crippen molar-refractivity contribution in [3.05, 3.63) is 93.5 Å². The van der Waals surface area contributed by atoms with Gasteiger partial charge >= 0.3 is 18.9 Å². The molecule has 0 radical (unpaired) electrons. The second kappa shape index (κ2) is 10.3. The van der Waals surface area contributed by atoms with Gasteiger partial charge in [-0.1, -0.05) is 42.5 Å². The topological polar surface area (TPSA) is 26.3 Å². The number of rotatable bonds is 6. The molecule has 0 aliphatic carbocycles. The zero-order valence-corrected chi connectivity index (χ0v) is 18.2. The first-order valence-corrected chi connectivity index (χ1v) is 10.5. The number of carbonyl (C=O) groups excluding carboxylic acids is 1. The normalized spacial score (nSPS) is 10.8. The molecule has 146 valence electrons. The van der Waals surface area contributed by atoms with Crippen LogP contribution in [0.1, 0.15) is 43.7 Å². The Morgan fingerprint density at radius 3 is 2.17 bits per heavy atom. The monoisotopic (exact) mass is 398 g/mol. The van der Waals surface area contributed by atoms with Crippen LogP contribution >= 0.6 is 8.58 Å². The number of aryl methyl sites for hydroxylation is 3. The van der Waals surface area contributed by atoms with Gasteiger partial charge in [-0.25, -0.2) is 0 Å². The van der Waals surface area contributed by atoms with E-state index in [2.05, 4.69) is 39.0 Å². The number of hydrogen-bond donors (Lipinski definition) is 0. The van der Waals surface area contributed by atoms with Gasteiger partial charge in [0.25, 0.3) is 0 Å². The van der Waals surface area contributed by atoms with Crippen LogP contribution in [-0.4, -0.2) is 24.4 Å². The van der Waals surface area contributed by atoms with Crippen LogP contribution in [0.3, 0.4) is 0 Å². The molecule has 1 unspecified atom stereocenters. The van der Waals surface area contributed by atoms with Gasteiger partial charge in [0.15, 0.2) is 5.52 Å². The van der Waals surface area contributed by atoms with Crippen LogP contribution in [0.25, 0.3) is 0 Å². The standard InChI is InChI=1S/C25H27O2P.Li.H/c1-16-13-18(3)24(20(5)19(16)4)25(26)28-23-12-11-22(14-17(23)2)27-15-21-9-7-6-8-10-21;;/h6-14,28H,15H2,1-5H3;;. The van der Waals surface area contributed by atoms with Crippen LogP contribution in [0.15, 0.2) is 54.6 Å². The summed E-state index contributed by atoms with van der Waals surface area (Å²) in [5.74, 6) is 0.834. The summed E-state index contributed by atoms with van der Waals surface area (Å²) in [4.78, 5) is 13.0. The molecule has 0 aliphatic rings. The molecule has 0 bridgehead atoms. The Morgan fingerprint density at radius 2 is 1.52 bits per heavy atom. The molecule has 0 amide bonds. The van der Waals surface area contributed by atoms with Gasteiger partial charge in [0, 0.05) is 5.56 Å². The molecule has 3 aromatic carbocycles. The van der Waals surface area contributed by atoms with Gasteiger partial charge in [-0.2, -0.15) is 0 Å². The summed E-state index contributed by atoms with van der Waals surface area (Å²) in [6.45, 7) is 10.9. The van der Waals surface area contributed by atoms with Crippen molar-refractivity contribution in [2.45, 2.75) is 41.2 Å². The van der Waals surface area contributed by atoms with E-state index in [1.165, 1.54) is 11.1 Å². The maximum absolute atomic E-state index is 13.0. The Hall–Kier alpha value is -1.84. The third-order valence-electron chi connectivity index (χ3n) is 5.28. The summed E-state index contributed by atoms with van der Waals surface area (Å²) in [6.07, 6.45) is 0. The van der Waals surface area contributed by atoms with Crippen LogP contribution in [0.4, 0.5) is 0 Å². The van der Waals surface area contributed by atoms with Crippen LogP contribution < -0.4 is 10.0 Å². The van der Waals surface area contributed by atoms with Crippen LogP contribution in [-0.2, 0) is 6.61 Å². The number of ether oxygens (including phenoxy) is 1.